The van der Waals surface area contributed by atoms with Gasteiger partial charge in [0.25, 0.3) is 0 Å². The van der Waals surface area contributed by atoms with Gasteiger partial charge in [-0.25, -0.2) is 0 Å². The van der Waals surface area contributed by atoms with Crippen molar-refractivity contribution in [2.45, 2.75) is 32.4 Å². The summed E-state index contributed by atoms with van der Waals surface area (Å²) in [6.07, 6.45) is 1.60. The normalized spacial score (nSPS) is 35.3. The molecule has 0 aliphatic carbocycles. The Bertz CT molecular complexity index is 85.0. The smallest absolute Gasteiger partial charge is 0.0700 e. The molecule has 1 aliphatic rings. The molecule has 0 aromatic carbocycles. The molecule has 1 fully saturated rings. The summed E-state index contributed by atoms with van der Waals surface area (Å²) >= 11 is 0. The summed E-state index contributed by atoms with van der Waals surface area (Å²) in [5.74, 6) is 0. The van der Waals surface area contributed by atoms with E-state index >= 15 is 0 Å². The molecule has 9 heavy (non-hydrogen) atoms. The van der Waals surface area contributed by atoms with Crippen LogP contribution in [0.4, 0.5) is 0 Å². The van der Waals surface area contributed by atoms with Gasteiger partial charge in [-0.2, -0.15) is 0 Å². The quantitative estimate of drug-likeness (QED) is 0.594. The molecule has 0 radical (unpaired) electrons. The van der Waals surface area contributed by atoms with Crippen molar-refractivity contribution in [1.82, 2.24) is 5.32 Å². The zero-order valence-corrected chi connectivity index (χ0v) is 6.18. The first-order chi connectivity index (χ1) is 4.34. The summed E-state index contributed by atoms with van der Waals surface area (Å²) in [6.45, 7) is 6.24. The van der Waals surface area contributed by atoms with Crippen LogP contribution in [0.2, 0.25) is 0 Å². The first kappa shape index (κ1) is 7.03. The summed E-state index contributed by atoms with van der Waals surface area (Å²) in [5, 5.41) is 3.37. The molecule has 0 aromatic heterocycles. The highest BCUT2D eigenvalue weighted by atomic mass is 16.5. The molecule has 1 aliphatic heterocycles. The number of hydrogen-bond donors (Lipinski definition) is 1. The Morgan fingerprint density at radius 3 is 2.89 bits per heavy atom. The van der Waals surface area contributed by atoms with Gasteiger partial charge >= 0.3 is 0 Å². The van der Waals surface area contributed by atoms with E-state index in [4.69, 9.17) is 4.74 Å². The molecule has 2 nitrogen and oxygen atoms in total. The van der Waals surface area contributed by atoms with Gasteiger partial charge in [0.05, 0.1) is 6.10 Å². The van der Waals surface area contributed by atoms with Gasteiger partial charge < -0.3 is 10.1 Å². The summed E-state index contributed by atoms with van der Waals surface area (Å²) in [4.78, 5) is 0. The van der Waals surface area contributed by atoms with Gasteiger partial charge in [0, 0.05) is 12.6 Å². The minimum Gasteiger partial charge on any atom is -0.377 e. The molecular weight excluding hydrogens is 114 g/mol. The molecule has 1 rings (SSSR count). The first-order valence-electron chi connectivity index (χ1n) is 3.69. The lowest BCUT2D eigenvalue weighted by Gasteiger charge is -2.13. The van der Waals surface area contributed by atoms with Crippen LogP contribution in [0.25, 0.3) is 0 Å². The third-order valence-electron chi connectivity index (χ3n) is 1.84. The van der Waals surface area contributed by atoms with Crippen LogP contribution >= 0.6 is 0 Å². The van der Waals surface area contributed by atoms with Crippen molar-refractivity contribution >= 4 is 0 Å². The van der Waals surface area contributed by atoms with Gasteiger partial charge in [-0.3, -0.25) is 0 Å². The second-order valence-corrected chi connectivity index (χ2v) is 2.53. The average molecular weight is 129 g/mol. The molecule has 0 amide bonds. The maximum absolute atomic E-state index is 5.36. The van der Waals surface area contributed by atoms with E-state index in [1.54, 1.807) is 0 Å². The van der Waals surface area contributed by atoms with Gasteiger partial charge in [-0.15, -0.1) is 0 Å². The van der Waals surface area contributed by atoms with Gasteiger partial charge in [-0.1, -0.05) is 6.92 Å². The van der Waals surface area contributed by atoms with E-state index in [0.29, 0.717) is 12.1 Å². The van der Waals surface area contributed by atoms with E-state index < -0.39 is 0 Å². The van der Waals surface area contributed by atoms with Crippen LogP contribution in [0.1, 0.15) is 20.3 Å². The van der Waals surface area contributed by atoms with E-state index in [-0.39, 0.29) is 0 Å². The van der Waals surface area contributed by atoms with E-state index in [0.717, 1.165) is 13.2 Å². The number of likely N-dealkylation sites (N-methyl/N-ethyl adjacent to an activating group) is 1. The molecule has 0 unspecified atom stereocenters. The van der Waals surface area contributed by atoms with E-state index in [1.165, 1.54) is 6.42 Å². The largest absolute Gasteiger partial charge is 0.377 e. The van der Waals surface area contributed by atoms with Gasteiger partial charge in [-0.05, 0) is 19.9 Å². The Morgan fingerprint density at radius 1 is 1.67 bits per heavy atom. The van der Waals surface area contributed by atoms with Gasteiger partial charge in [0.2, 0.25) is 0 Å². The Hall–Kier alpha value is -0.0800. The number of hydrogen-bond acceptors (Lipinski definition) is 2. The Balaban J connectivity index is 2.22. The highest BCUT2D eigenvalue weighted by molar-refractivity contribution is 4.77. The fourth-order valence-corrected chi connectivity index (χ4v) is 1.26. The summed E-state index contributed by atoms with van der Waals surface area (Å²) < 4.78 is 5.36. The van der Waals surface area contributed by atoms with E-state index in [9.17, 15) is 0 Å². The number of ether oxygens (including phenoxy) is 1. The fraction of sp³-hybridized carbons (Fsp3) is 1.00. The molecule has 2 heteroatoms. The van der Waals surface area contributed by atoms with Crippen LogP contribution in [0.15, 0.2) is 0 Å². The molecule has 0 aromatic rings. The third-order valence-corrected chi connectivity index (χ3v) is 1.84. The minimum absolute atomic E-state index is 0.421. The summed E-state index contributed by atoms with van der Waals surface area (Å²) in [6, 6.07) is 0.606. The van der Waals surface area contributed by atoms with Crippen LogP contribution < -0.4 is 5.32 Å². The Labute approximate surface area is 56.6 Å². The molecule has 1 heterocycles. The molecule has 1 N–H and O–H groups in total. The standard InChI is InChI=1S/C7H15NO/c1-3-8-7-4-5-9-6(7)2/h6-8H,3-5H2,1-2H3/t6-,7-/m1/s1. The van der Waals surface area contributed by atoms with Crippen molar-refractivity contribution in [3.05, 3.63) is 0 Å². The van der Waals surface area contributed by atoms with E-state index in [2.05, 4.69) is 19.2 Å². The number of rotatable bonds is 2. The van der Waals surface area contributed by atoms with Crippen molar-refractivity contribution in [2.24, 2.45) is 0 Å². The van der Waals surface area contributed by atoms with Crippen LogP contribution in [-0.2, 0) is 4.74 Å². The lowest BCUT2D eigenvalue weighted by molar-refractivity contribution is 0.113. The Morgan fingerprint density at radius 2 is 2.44 bits per heavy atom. The second kappa shape index (κ2) is 3.18. The van der Waals surface area contributed by atoms with Crippen molar-refractivity contribution in [2.75, 3.05) is 13.2 Å². The zero-order valence-electron chi connectivity index (χ0n) is 6.18. The maximum Gasteiger partial charge on any atom is 0.0700 e. The molecule has 0 spiro atoms. The van der Waals surface area contributed by atoms with Crippen LogP contribution in [0.5, 0.6) is 0 Å². The third kappa shape index (κ3) is 1.66. The molecule has 0 saturated carbocycles. The van der Waals surface area contributed by atoms with Crippen LogP contribution in [-0.4, -0.2) is 25.3 Å². The summed E-state index contributed by atoms with van der Waals surface area (Å²) in [7, 11) is 0. The van der Waals surface area contributed by atoms with Crippen molar-refractivity contribution in [3.63, 3.8) is 0 Å². The minimum atomic E-state index is 0.421. The summed E-state index contributed by atoms with van der Waals surface area (Å²) in [5.41, 5.74) is 0. The highest BCUT2D eigenvalue weighted by Gasteiger charge is 2.22. The van der Waals surface area contributed by atoms with Crippen molar-refractivity contribution in [1.29, 1.82) is 0 Å². The zero-order chi connectivity index (χ0) is 6.69. The highest BCUT2D eigenvalue weighted by Crippen LogP contribution is 2.11. The fourth-order valence-electron chi connectivity index (χ4n) is 1.26. The molecule has 0 bridgehead atoms. The topological polar surface area (TPSA) is 21.3 Å². The average Bonchev–Trinajstić information content (AvgIpc) is 2.18. The molecule has 2 atom stereocenters. The van der Waals surface area contributed by atoms with Gasteiger partial charge in [0.15, 0.2) is 0 Å². The molecule has 1 saturated heterocycles. The monoisotopic (exact) mass is 129 g/mol. The van der Waals surface area contributed by atoms with E-state index in [1.807, 2.05) is 0 Å². The van der Waals surface area contributed by atoms with Crippen molar-refractivity contribution in [3.8, 4) is 0 Å². The van der Waals surface area contributed by atoms with Crippen LogP contribution in [0, 0.1) is 0 Å². The van der Waals surface area contributed by atoms with Gasteiger partial charge in [0.1, 0.15) is 0 Å². The first-order valence-corrected chi connectivity index (χ1v) is 3.69. The SMILES string of the molecule is CCN[C@@H]1CCO[C@@H]1C. The van der Waals surface area contributed by atoms with Crippen molar-refractivity contribution < 1.29 is 4.74 Å². The number of nitrogens with one attached hydrogen (secondary N) is 1. The predicted molar refractivity (Wildman–Crippen MR) is 37.5 cm³/mol. The lowest BCUT2D eigenvalue weighted by Crippen LogP contribution is -2.34. The molecular formula is C7H15NO. The maximum atomic E-state index is 5.36. The second-order valence-electron chi connectivity index (χ2n) is 2.53. The lowest BCUT2D eigenvalue weighted by atomic mass is 10.2. The van der Waals surface area contributed by atoms with Crippen LogP contribution in [0.3, 0.4) is 0 Å². The Kier molecular flexibility index (Phi) is 2.49. The predicted octanol–water partition coefficient (Wildman–Crippen LogP) is 0.773. The molecule has 54 valence electrons.